The molecule has 1 aliphatic carbocycles. The summed E-state index contributed by atoms with van der Waals surface area (Å²) in [5, 5.41) is 0. The highest BCUT2D eigenvalue weighted by Crippen LogP contribution is 2.61. The van der Waals surface area contributed by atoms with Crippen LogP contribution >= 0.6 is 0 Å². The molecule has 0 bridgehead atoms. The van der Waals surface area contributed by atoms with E-state index >= 15 is 0 Å². The zero-order valence-electron chi connectivity index (χ0n) is 11.3. The number of hydrogen-bond donors (Lipinski definition) is 0. The van der Waals surface area contributed by atoms with Gasteiger partial charge in [0.15, 0.2) is 0 Å². The first kappa shape index (κ1) is 14.2. The molecule has 18 heavy (non-hydrogen) atoms. The predicted octanol–water partition coefficient (Wildman–Crippen LogP) is 2.02. The van der Waals surface area contributed by atoms with Crippen LogP contribution in [0, 0.1) is 11.3 Å². The van der Waals surface area contributed by atoms with Gasteiger partial charge in [0, 0.05) is 33.8 Å². The van der Waals surface area contributed by atoms with Crippen molar-refractivity contribution in [3.8, 4) is 0 Å². The summed E-state index contributed by atoms with van der Waals surface area (Å²) in [7, 11) is 3.21. The third-order valence-corrected chi connectivity index (χ3v) is 4.27. The number of piperidine rings is 1. The maximum Gasteiger partial charge on any atom is 0.258 e. The molecule has 1 heterocycles. The minimum Gasteiger partial charge on any atom is -0.384 e. The van der Waals surface area contributed by atoms with E-state index in [1.165, 1.54) is 7.11 Å². The largest absolute Gasteiger partial charge is 0.384 e. The molecule has 0 aromatic carbocycles. The molecule has 1 saturated carbocycles. The van der Waals surface area contributed by atoms with Gasteiger partial charge in [0.2, 0.25) is 0 Å². The molecule has 3 nitrogen and oxygen atoms in total. The summed E-state index contributed by atoms with van der Waals surface area (Å²) in [6, 6.07) is 0. The Morgan fingerprint density at radius 1 is 1.17 bits per heavy atom. The van der Waals surface area contributed by atoms with Crippen LogP contribution in [0.1, 0.15) is 19.3 Å². The highest BCUT2D eigenvalue weighted by molar-refractivity contribution is 5.11. The van der Waals surface area contributed by atoms with Crippen LogP contribution < -0.4 is 0 Å². The van der Waals surface area contributed by atoms with E-state index in [4.69, 9.17) is 9.47 Å². The molecule has 0 aromatic rings. The van der Waals surface area contributed by atoms with Crippen LogP contribution in [0.25, 0.3) is 0 Å². The first-order valence-electron chi connectivity index (χ1n) is 6.61. The fraction of sp³-hybridized carbons (Fsp3) is 1.00. The van der Waals surface area contributed by atoms with Crippen LogP contribution in [0.2, 0.25) is 0 Å². The summed E-state index contributed by atoms with van der Waals surface area (Å²) < 4.78 is 37.1. The molecule has 2 fully saturated rings. The summed E-state index contributed by atoms with van der Waals surface area (Å²) >= 11 is 0. The molecule has 1 aliphatic heterocycles. The Labute approximate surface area is 107 Å². The van der Waals surface area contributed by atoms with Crippen molar-refractivity contribution in [2.45, 2.75) is 25.2 Å². The maximum atomic E-state index is 13.5. The summed E-state index contributed by atoms with van der Waals surface area (Å²) in [5.41, 5.74) is -0.921. The highest BCUT2D eigenvalue weighted by Gasteiger charge is 2.71. The summed E-state index contributed by atoms with van der Waals surface area (Å²) in [5.74, 6) is -1.95. The molecule has 0 spiro atoms. The molecule has 1 saturated heterocycles. The Morgan fingerprint density at radius 3 is 2.22 bits per heavy atom. The lowest BCUT2D eigenvalue weighted by molar-refractivity contribution is -0.00176. The monoisotopic (exact) mass is 263 g/mol. The van der Waals surface area contributed by atoms with E-state index in [0.29, 0.717) is 12.5 Å². The molecule has 0 amide bonds. The number of alkyl halides is 2. The Bertz CT molecular complexity index is 280. The highest BCUT2D eigenvalue weighted by atomic mass is 19.3. The van der Waals surface area contributed by atoms with Gasteiger partial charge in [0.05, 0.1) is 12.0 Å². The average molecular weight is 263 g/mol. The lowest BCUT2D eigenvalue weighted by atomic mass is 9.96. The number of methoxy groups -OCH3 is 2. The van der Waals surface area contributed by atoms with Gasteiger partial charge >= 0.3 is 0 Å². The summed E-state index contributed by atoms with van der Waals surface area (Å²) in [4.78, 5) is 2.16. The van der Waals surface area contributed by atoms with Crippen molar-refractivity contribution < 1.29 is 18.3 Å². The smallest absolute Gasteiger partial charge is 0.258 e. The van der Waals surface area contributed by atoms with E-state index in [0.717, 1.165) is 32.5 Å². The van der Waals surface area contributed by atoms with Crippen molar-refractivity contribution in [3.63, 3.8) is 0 Å². The standard InChI is InChI=1S/C13H23F2NO2/c1-17-7-11-3-5-16(6-4-11)9-12(10-18-2)8-13(12,14)15/h11H,3-10H2,1-2H3/t12-/m1/s1. The second-order valence-corrected chi connectivity index (χ2v) is 5.77. The molecule has 5 heteroatoms. The van der Waals surface area contributed by atoms with Crippen molar-refractivity contribution in [2.75, 3.05) is 47.1 Å². The minimum absolute atomic E-state index is 0.0220. The van der Waals surface area contributed by atoms with Gasteiger partial charge in [0.25, 0.3) is 5.92 Å². The first-order valence-corrected chi connectivity index (χ1v) is 6.61. The molecule has 0 aromatic heterocycles. The lowest BCUT2D eigenvalue weighted by Crippen LogP contribution is -2.41. The molecule has 0 radical (unpaired) electrons. The summed E-state index contributed by atoms with van der Waals surface area (Å²) in [6.07, 6.45) is 2.07. The average Bonchev–Trinajstić information content (AvgIpc) is 2.83. The zero-order chi connectivity index (χ0) is 13.2. The van der Waals surface area contributed by atoms with E-state index in [1.54, 1.807) is 7.11 Å². The van der Waals surface area contributed by atoms with Crippen molar-refractivity contribution in [3.05, 3.63) is 0 Å². The predicted molar refractivity (Wildman–Crippen MR) is 64.9 cm³/mol. The second kappa shape index (κ2) is 5.39. The number of halogens is 2. The van der Waals surface area contributed by atoms with Crippen LogP contribution in [0.3, 0.4) is 0 Å². The minimum atomic E-state index is -2.54. The number of ether oxygens (including phenoxy) is 2. The van der Waals surface area contributed by atoms with E-state index < -0.39 is 11.3 Å². The Hall–Kier alpha value is -0.260. The third-order valence-electron chi connectivity index (χ3n) is 4.27. The van der Waals surface area contributed by atoms with E-state index in [-0.39, 0.29) is 13.0 Å². The Morgan fingerprint density at radius 2 is 1.78 bits per heavy atom. The zero-order valence-corrected chi connectivity index (χ0v) is 11.3. The number of likely N-dealkylation sites (tertiary alicyclic amines) is 1. The van der Waals surface area contributed by atoms with Crippen LogP contribution in [0.15, 0.2) is 0 Å². The number of hydrogen-bond acceptors (Lipinski definition) is 3. The van der Waals surface area contributed by atoms with Crippen molar-refractivity contribution in [2.24, 2.45) is 11.3 Å². The van der Waals surface area contributed by atoms with Gasteiger partial charge in [-0.05, 0) is 31.8 Å². The van der Waals surface area contributed by atoms with E-state index in [2.05, 4.69) is 4.90 Å². The maximum absolute atomic E-state index is 13.5. The van der Waals surface area contributed by atoms with Crippen molar-refractivity contribution in [1.29, 1.82) is 0 Å². The second-order valence-electron chi connectivity index (χ2n) is 5.77. The Balaban J connectivity index is 1.81. The fourth-order valence-corrected chi connectivity index (χ4v) is 3.01. The number of rotatable bonds is 6. The van der Waals surface area contributed by atoms with Gasteiger partial charge in [-0.15, -0.1) is 0 Å². The summed E-state index contributed by atoms with van der Waals surface area (Å²) in [6.45, 7) is 3.21. The molecular formula is C13H23F2NO2. The molecule has 0 N–H and O–H groups in total. The molecular weight excluding hydrogens is 240 g/mol. The quantitative estimate of drug-likeness (QED) is 0.732. The topological polar surface area (TPSA) is 21.7 Å². The molecule has 2 rings (SSSR count). The number of nitrogens with zero attached hydrogens (tertiary/aromatic N) is 1. The van der Waals surface area contributed by atoms with Gasteiger partial charge in [-0.1, -0.05) is 0 Å². The van der Waals surface area contributed by atoms with E-state index in [1.807, 2.05) is 0 Å². The van der Waals surface area contributed by atoms with Gasteiger partial charge < -0.3 is 14.4 Å². The SMILES string of the molecule is COCC1CCN(C[C@@]2(COC)CC2(F)F)CC1. The Kier molecular flexibility index (Phi) is 4.24. The third kappa shape index (κ3) is 2.83. The van der Waals surface area contributed by atoms with Crippen molar-refractivity contribution >= 4 is 0 Å². The van der Waals surface area contributed by atoms with Crippen LogP contribution in [-0.2, 0) is 9.47 Å². The van der Waals surface area contributed by atoms with Crippen LogP contribution in [0.4, 0.5) is 8.78 Å². The molecule has 0 unspecified atom stereocenters. The normalized spacial score (nSPS) is 32.7. The van der Waals surface area contributed by atoms with Gasteiger partial charge in [-0.3, -0.25) is 0 Å². The van der Waals surface area contributed by atoms with Gasteiger partial charge in [-0.2, -0.15) is 0 Å². The van der Waals surface area contributed by atoms with Crippen molar-refractivity contribution in [1.82, 2.24) is 4.90 Å². The molecule has 2 aliphatic rings. The first-order chi connectivity index (χ1) is 8.53. The van der Waals surface area contributed by atoms with E-state index in [9.17, 15) is 8.78 Å². The molecule has 106 valence electrons. The van der Waals surface area contributed by atoms with Gasteiger partial charge in [-0.25, -0.2) is 8.78 Å². The van der Waals surface area contributed by atoms with Crippen LogP contribution in [-0.4, -0.2) is 57.9 Å². The lowest BCUT2D eigenvalue weighted by Gasteiger charge is -2.34. The fourth-order valence-electron chi connectivity index (χ4n) is 3.01. The van der Waals surface area contributed by atoms with Crippen LogP contribution in [0.5, 0.6) is 0 Å². The van der Waals surface area contributed by atoms with Gasteiger partial charge in [0.1, 0.15) is 0 Å². The molecule has 1 atom stereocenters.